The molecule has 152 valence electrons. The van der Waals surface area contributed by atoms with Crippen molar-refractivity contribution in [3.05, 3.63) is 111 Å². The zero-order valence-electron chi connectivity index (χ0n) is 17.6. The van der Waals surface area contributed by atoms with Gasteiger partial charge in [-0.3, -0.25) is 23.7 Å². The Morgan fingerprint density at radius 3 is 1.65 bits per heavy atom. The van der Waals surface area contributed by atoms with E-state index in [-0.39, 0.29) is 11.1 Å². The normalized spacial score (nSPS) is 11.3. The van der Waals surface area contributed by atoms with E-state index in [1.807, 2.05) is 81.4 Å². The van der Waals surface area contributed by atoms with Gasteiger partial charge in [0.25, 0.3) is 11.1 Å². The van der Waals surface area contributed by atoms with Crippen molar-refractivity contribution < 1.29 is 0 Å². The molecule has 2 aromatic carbocycles. The second kappa shape index (κ2) is 7.06. The van der Waals surface area contributed by atoms with E-state index < -0.39 is 0 Å². The number of benzene rings is 2. The van der Waals surface area contributed by atoms with Crippen LogP contribution in [0.4, 0.5) is 0 Å². The fourth-order valence-corrected chi connectivity index (χ4v) is 4.02. The SMILES string of the molecule is Cc1ccc(-n2ccc3c(c(C)nc4ccn(-c5ccc(C)cc5)c(=O)c43)c2=O)cc1. The van der Waals surface area contributed by atoms with E-state index in [9.17, 15) is 9.59 Å². The molecular formula is C26H21N3O2. The molecule has 5 aromatic rings. The van der Waals surface area contributed by atoms with Gasteiger partial charge in [-0.05, 0) is 57.2 Å². The van der Waals surface area contributed by atoms with Crippen molar-refractivity contribution in [2.24, 2.45) is 0 Å². The molecule has 0 aliphatic carbocycles. The Balaban J connectivity index is 1.83. The van der Waals surface area contributed by atoms with Gasteiger partial charge in [0.15, 0.2) is 0 Å². The van der Waals surface area contributed by atoms with Crippen LogP contribution in [0.3, 0.4) is 0 Å². The third kappa shape index (κ3) is 3.06. The fourth-order valence-electron chi connectivity index (χ4n) is 4.02. The molecule has 0 fully saturated rings. The topological polar surface area (TPSA) is 56.9 Å². The van der Waals surface area contributed by atoms with Crippen LogP contribution in [-0.4, -0.2) is 14.1 Å². The molecule has 0 spiro atoms. The smallest absolute Gasteiger partial charge is 0.265 e. The van der Waals surface area contributed by atoms with E-state index in [1.165, 1.54) is 0 Å². The molecule has 0 atom stereocenters. The summed E-state index contributed by atoms with van der Waals surface area (Å²) in [6, 6.07) is 19.2. The van der Waals surface area contributed by atoms with Crippen LogP contribution in [0.25, 0.3) is 33.1 Å². The fraction of sp³-hybridized carbons (Fsp3) is 0.115. The third-order valence-corrected chi connectivity index (χ3v) is 5.71. The Hall–Kier alpha value is -3.99. The van der Waals surface area contributed by atoms with Crippen LogP contribution in [0.15, 0.2) is 82.6 Å². The number of fused-ring (bicyclic) bond motifs is 3. The first-order valence-electron chi connectivity index (χ1n) is 10.2. The largest absolute Gasteiger partial charge is 0.284 e. The van der Waals surface area contributed by atoms with Crippen molar-refractivity contribution in [1.82, 2.24) is 14.1 Å². The Bertz CT molecular complexity index is 1580. The molecule has 0 saturated carbocycles. The first-order chi connectivity index (χ1) is 14.9. The molecule has 3 heterocycles. The molecule has 31 heavy (non-hydrogen) atoms. The van der Waals surface area contributed by atoms with E-state index in [2.05, 4.69) is 4.98 Å². The monoisotopic (exact) mass is 407 g/mol. The highest BCUT2D eigenvalue weighted by Gasteiger charge is 2.15. The molecule has 0 amide bonds. The molecule has 0 aliphatic heterocycles. The maximum Gasteiger partial charge on any atom is 0.265 e. The average Bonchev–Trinajstić information content (AvgIpc) is 2.75. The lowest BCUT2D eigenvalue weighted by Crippen LogP contribution is -2.22. The summed E-state index contributed by atoms with van der Waals surface area (Å²) in [6.07, 6.45) is 3.47. The number of pyridine rings is 3. The Morgan fingerprint density at radius 1 is 0.613 bits per heavy atom. The van der Waals surface area contributed by atoms with E-state index in [4.69, 9.17) is 0 Å². The number of aromatic nitrogens is 3. The first-order valence-corrected chi connectivity index (χ1v) is 10.2. The average molecular weight is 407 g/mol. The lowest BCUT2D eigenvalue weighted by Gasteiger charge is -2.12. The molecule has 5 rings (SSSR count). The highest BCUT2D eigenvalue weighted by atomic mass is 16.1. The van der Waals surface area contributed by atoms with Crippen LogP contribution in [0.2, 0.25) is 0 Å². The van der Waals surface area contributed by atoms with Crippen molar-refractivity contribution in [2.45, 2.75) is 20.8 Å². The number of hydrogen-bond acceptors (Lipinski definition) is 3. The van der Waals surface area contributed by atoms with Crippen LogP contribution >= 0.6 is 0 Å². The molecule has 0 unspecified atom stereocenters. The Morgan fingerprint density at radius 2 is 1.10 bits per heavy atom. The minimum Gasteiger partial charge on any atom is -0.284 e. The molecule has 5 heteroatoms. The summed E-state index contributed by atoms with van der Waals surface area (Å²) in [5, 5.41) is 1.55. The van der Waals surface area contributed by atoms with E-state index in [0.29, 0.717) is 27.4 Å². The van der Waals surface area contributed by atoms with Gasteiger partial charge in [0, 0.05) is 29.2 Å². The maximum absolute atomic E-state index is 13.5. The minimum atomic E-state index is -0.189. The van der Waals surface area contributed by atoms with Crippen molar-refractivity contribution in [2.75, 3.05) is 0 Å². The van der Waals surface area contributed by atoms with Gasteiger partial charge in [0.05, 0.1) is 22.0 Å². The Labute approximate surface area is 178 Å². The first kappa shape index (κ1) is 19.0. The zero-order valence-corrected chi connectivity index (χ0v) is 17.6. The highest BCUT2D eigenvalue weighted by Crippen LogP contribution is 2.23. The second-order valence-corrected chi connectivity index (χ2v) is 7.90. The molecule has 0 radical (unpaired) electrons. The van der Waals surface area contributed by atoms with Gasteiger partial charge in [-0.2, -0.15) is 0 Å². The standard InChI is InChI=1S/C26H21N3O2/c1-16-4-8-19(9-5-16)28-14-12-21-23(25(28)30)18(3)27-22-13-15-29(26(31)24(21)22)20-10-6-17(2)7-11-20/h4-15H,1-3H3. The quantitative estimate of drug-likeness (QED) is 0.402. The Kier molecular flexibility index (Phi) is 4.33. The molecule has 3 aromatic heterocycles. The lowest BCUT2D eigenvalue weighted by molar-refractivity contribution is 0.995. The van der Waals surface area contributed by atoms with Gasteiger partial charge in [-0.25, -0.2) is 0 Å². The maximum atomic E-state index is 13.5. The van der Waals surface area contributed by atoms with Crippen molar-refractivity contribution in [1.29, 1.82) is 0 Å². The summed E-state index contributed by atoms with van der Waals surface area (Å²) in [7, 11) is 0. The van der Waals surface area contributed by atoms with Gasteiger partial charge in [-0.1, -0.05) is 35.4 Å². The number of nitrogens with zero attached hydrogens (tertiary/aromatic N) is 3. The predicted octanol–water partition coefficient (Wildman–Crippen LogP) is 4.62. The summed E-state index contributed by atoms with van der Waals surface area (Å²) in [4.78, 5) is 31.4. The molecule has 5 nitrogen and oxygen atoms in total. The summed E-state index contributed by atoms with van der Waals surface area (Å²) >= 11 is 0. The minimum absolute atomic E-state index is 0.182. The van der Waals surface area contributed by atoms with E-state index in [1.54, 1.807) is 21.5 Å². The van der Waals surface area contributed by atoms with Gasteiger partial charge in [0.1, 0.15) is 0 Å². The van der Waals surface area contributed by atoms with Gasteiger partial charge in [0.2, 0.25) is 0 Å². The molecule has 0 N–H and O–H groups in total. The number of rotatable bonds is 2. The summed E-state index contributed by atoms with van der Waals surface area (Å²) in [6.45, 7) is 5.83. The molecule has 0 aliphatic rings. The molecule has 0 bridgehead atoms. The van der Waals surface area contributed by atoms with Crippen molar-refractivity contribution in [3.63, 3.8) is 0 Å². The van der Waals surface area contributed by atoms with Crippen LogP contribution in [0.5, 0.6) is 0 Å². The third-order valence-electron chi connectivity index (χ3n) is 5.71. The van der Waals surface area contributed by atoms with Crippen LogP contribution in [0, 0.1) is 20.8 Å². The number of aryl methyl sites for hydroxylation is 3. The van der Waals surface area contributed by atoms with Crippen LogP contribution in [-0.2, 0) is 0 Å². The summed E-state index contributed by atoms with van der Waals surface area (Å²) in [5.74, 6) is 0. The van der Waals surface area contributed by atoms with Gasteiger partial charge in [-0.15, -0.1) is 0 Å². The van der Waals surface area contributed by atoms with Crippen LogP contribution in [0.1, 0.15) is 16.8 Å². The number of hydrogen-bond donors (Lipinski definition) is 0. The predicted molar refractivity (Wildman–Crippen MR) is 125 cm³/mol. The van der Waals surface area contributed by atoms with Crippen molar-refractivity contribution in [3.8, 4) is 11.4 Å². The van der Waals surface area contributed by atoms with Crippen LogP contribution < -0.4 is 11.1 Å². The highest BCUT2D eigenvalue weighted by molar-refractivity contribution is 6.05. The van der Waals surface area contributed by atoms with Crippen molar-refractivity contribution >= 4 is 21.7 Å². The van der Waals surface area contributed by atoms with E-state index in [0.717, 1.165) is 22.5 Å². The van der Waals surface area contributed by atoms with Gasteiger partial charge < -0.3 is 0 Å². The molecular weight excluding hydrogens is 386 g/mol. The van der Waals surface area contributed by atoms with E-state index >= 15 is 0 Å². The van der Waals surface area contributed by atoms with Gasteiger partial charge >= 0.3 is 0 Å². The summed E-state index contributed by atoms with van der Waals surface area (Å²) in [5.41, 5.74) is 4.63. The molecule has 0 saturated heterocycles. The summed E-state index contributed by atoms with van der Waals surface area (Å²) < 4.78 is 3.20. The zero-order chi connectivity index (χ0) is 21.7. The second-order valence-electron chi connectivity index (χ2n) is 7.90. The lowest BCUT2D eigenvalue weighted by atomic mass is 10.1.